The third-order valence-corrected chi connectivity index (χ3v) is 4.52. The molecule has 0 bridgehead atoms. The van der Waals surface area contributed by atoms with Gasteiger partial charge in [0.25, 0.3) is 0 Å². The van der Waals surface area contributed by atoms with Crippen LogP contribution in [-0.4, -0.2) is 29.4 Å². The Morgan fingerprint density at radius 1 is 1.27 bits per heavy atom. The zero-order valence-electron chi connectivity index (χ0n) is 11.1. The van der Waals surface area contributed by atoms with Crippen LogP contribution in [0.3, 0.4) is 0 Å². The van der Waals surface area contributed by atoms with Crippen LogP contribution in [0, 0.1) is 5.41 Å². The van der Waals surface area contributed by atoms with Crippen LogP contribution < -0.4 is 0 Å². The number of rotatable bonds is 8. The third-order valence-electron chi connectivity index (χ3n) is 3.01. The van der Waals surface area contributed by atoms with Crippen LogP contribution in [0.1, 0.15) is 53.9 Å². The minimum Gasteiger partial charge on any atom is -0.300 e. The minimum atomic E-state index is 0.386. The highest BCUT2D eigenvalue weighted by atomic mass is 79.9. The van der Waals surface area contributed by atoms with Crippen molar-refractivity contribution >= 4 is 15.9 Å². The van der Waals surface area contributed by atoms with Crippen LogP contribution >= 0.6 is 15.9 Å². The summed E-state index contributed by atoms with van der Waals surface area (Å²) in [4.78, 5) is 2.64. The molecule has 0 rings (SSSR count). The number of hydrogen-bond acceptors (Lipinski definition) is 1. The third kappa shape index (κ3) is 6.57. The molecule has 0 aromatic carbocycles. The predicted octanol–water partition coefficient (Wildman–Crippen LogP) is 4.31. The van der Waals surface area contributed by atoms with E-state index in [-0.39, 0.29) is 0 Å². The van der Waals surface area contributed by atoms with Gasteiger partial charge in [-0.1, -0.05) is 50.0 Å². The Labute approximate surface area is 105 Å². The molecule has 0 aliphatic carbocycles. The van der Waals surface area contributed by atoms with E-state index in [2.05, 4.69) is 55.4 Å². The lowest BCUT2D eigenvalue weighted by Gasteiger charge is -2.35. The second-order valence-corrected chi connectivity index (χ2v) is 5.94. The number of nitrogens with zero attached hydrogens (tertiary/aromatic N) is 1. The van der Waals surface area contributed by atoms with E-state index >= 15 is 0 Å². The predicted molar refractivity (Wildman–Crippen MR) is 73.8 cm³/mol. The molecule has 0 aliphatic heterocycles. The molecule has 2 heteroatoms. The molecule has 0 aromatic heterocycles. The highest BCUT2D eigenvalue weighted by Crippen LogP contribution is 2.22. The molecule has 15 heavy (non-hydrogen) atoms. The topological polar surface area (TPSA) is 3.24 Å². The second kappa shape index (κ2) is 7.67. The lowest BCUT2D eigenvalue weighted by molar-refractivity contribution is 0.144. The van der Waals surface area contributed by atoms with Crippen LogP contribution in [0.5, 0.6) is 0 Å². The molecule has 0 fully saturated rings. The van der Waals surface area contributed by atoms with E-state index in [0.717, 1.165) is 11.4 Å². The summed E-state index contributed by atoms with van der Waals surface area (Å²) in [7, 11) is 0. The molecule has 0 radical (unpaired) electrons. The van der Waals surface area contributed by atoms with Crippen LogP contribution in [0.2, 0.25) is 0 Å². The Morgan fingerprint density at radius 3 is 2.27 bits per heavy atom. The number of alkyl halides is 1. The van der Waals surface area contributed by atoms with E-state index in [0.29, 0.717) is 5.41 Å². The van der Waals surface area contributed by atoms with Gasteiger partial charge in [-0.3, -0.25) is 0 Å². The Kier molecular flexibility index (Phi) is 7.90. The fraction of sp³-hybridized carbons (Fsp3) is 1.00. The van der Waals surface area contributed by atoms with Crippen LogP contribution in [0.15, 0.2) is 0 Å². The lowest BCUT2D eigenvalue weighted by atomic mass is 9.94. The number of halogens is 1. The number of hydrogen-bond donors (Lipinski definition) is 0. The van der Waals surface area contributed by atoms with E-state index in [1.807, 2.05) is 0 Å². The van der Waals surface area contributed by atoms with Crippen LogP contribution in [0.4, 0.5) is 0 Å². The van der Waals surface area contributed by atoms with Gasteiger partial charge in [0.2, 0.25) is 0 Å². The van der Waals surface area contributed by atoms with Gasteiger partial charge >= 0.3 is 0 Å². The first-order valence-electron chi connectivity index (χ1n) is 6.26. The molecule has 1 atom stereocenters. The van der Waals surface area contributed by atoms with Gasteiger partial charge in [-0.25, -0.2) is 0 Å². The average molecular weight is 278 g/mol. The van der Waals surface area contributed by atoms with Gasteiger partial charge in [0, 0.05) is 17.9 Å². The fourth-order valence-electron chi connectivity index (χ4n) is 1.67. The summed E-state index contributed by atoms with van der Waals surface area (Å²) in [6.07, 6.45) is 3.87. The summed E-state index contributed by atoms with van der Waals surface area (Å²) >= 11 is 3.61. The van der Waals surface area contributed by atoms with Crippen molar-refractivity contribution in [2.45, 2.75) is 59.9 Å². The molecule has 0 aliphatic rings. The summed E-state index contributed by atoms with van der Waals surface area (Å²) < 4.78 is 0. The average Bonchev–Trinajstić information content (AvgIpc) is 2.23. The van der Waals surface area contributed by atoms with E-state index in [4.69, 9.17) is 0 Å². The van der Waals surface area contributed by atoms with Crippen molar-refractivity contribution in [3.8, 4) is 0 Å². The Hall–Kier alpha value is 0.440. The highest BCUT2D eigenvalue weighted by Gasteiger charge is 2.22. The molecule has 1 nitrogen and oxygen atoms in total. The first-order chi connectivity index (χ1) is 6.96. The van der Waals surface area contributed by atoms with Gasteiger partial charge in [0.05, 0.1) is 0 Å². The van der Waals surface area contributed by atoms with Crippen molar-refractivity contribution in [1.29, 1.82) is 0 Å². The largest absolute Gasteiger partial charge is 0.300 e. The molecule has 1 unspecified atom stereocenters. The summed E-state index contributed by atoms with van der Waals surface area (Å²) in [6, 6.07) is 0.717. The molecule has 0 heterocycles. The van der Waals surface area contributed by atoms with Gasteiger partial charge in [-0.05, 0) is 31.7 Å². The van der Waals surface area contributed by atoms with E-state index < -0.39 is 0 Å². The van der Waals surface area contributed by atoms with Crippen LogP contribution in [-0.2, 0) is 0 Å². The highest BCUT2D eigenvalue weighted by molar-refractivity contribution is 9.09. The zero-order chi connectivity index (χ0) is 11.9. The van der Waals surface area contributed by atoms with Gasteiger partial charge in [-0.15, -0.1) is 0 Å². The monoisotopic (exact) mass is 277 g/mol. The molecule has 0 saturated carbocycles. The SMILES string of the molecule is CCCCN(CC(C)(C)CBr)C(C)CC. The first-order valence-corrected chi connectivity index (χ1v) is 7.39. The van der Waals surface area contributed by atoms with Crippen molar-refractivity contribution < 1.29 is 0 Å². The van der Waals surface area contributed by atoms with E-state index in [1.54, 1.807) is 0 Å². The van der Waals surface area contributed by atoms with Crippen LogP contribution in [0.25, 0.3) is 0 Å². The zero-order valence-corrected chi connectivity index (χ0v) is 12.7. The maximum Gasteiger partial charge on any atom is 0.00949 e. The summed E-state index contributed by atoms with van der Waals surface area (Å²) in [5.74, 6) is 0. The molecular weight excluding hydrogens is 250 g/mol. The van der Waals surface area contributed by atoms with Crippen molar-refractivity contribution in [1.82, 2.24) is 4.90 Å². The Balaban J connectivity index is 4.23. The van der Waals surface area contributed by atoms with Gasteiger partial charge in [0.15, 0.2) is 0 Å². The van der Waals surface area contributed by atoms with Gasteiger partial charge in [-0.2, -0.15) is 0 Å². The molecule has 0 aromatic rings. The van der Waals surface area contributed by atoms with Gasteiger partial charge < -0.3 is 4.90 Å². The Morgan fingerprint density at radius 2 is 1.87 bits per heavy atom. The standard InChI is InChI=1S/C13H28BrN/c1-6-8-9-15(12(3)7-2)11-13(4,5)10-14/h12H,6-11H2,1-5H3. The Bertz CT molecular complexity index is 157. The molecule has 0 spiro atoms. The maximum absolute atomic E-state index is 3.61. The molecule has 0 N–H and O–H groups in total. The smallest absolute Gasteiger partial charge is 0.00949 e. The molecule has 0 amide bonds. The minimum absolute atomic E-state index is 0.386. The van der Waals surface area contributed by atoms with Crippen molar-refractivity contribution in [3.05, 3.63) is 0 Å². The summed E-state index contributed by atoms with van der Waals surface area (Å²) in [5, 5.41) is 1.08. The van der Waals surface area contributed by atoms with Crippen molar-refractivity contribution in [3.63, 3.8) is 0 Å². The van der Waals surface area contributed by atoms with Crippen molar-refractivity contribution in [2.24, 2.45) is 5.41 Å². The molecule has 0 saturated heterocycles. The molecular formula is C13H28BrN. The fourth-order valence-corrected chi connectivity index (χ4v) is 1.84. The van der Waals surface area contributed by atoms with E-state index in [9.17, 15) is 0 Å². The summed E-state index contributed by atoms with van der Waals surface area (Å²) in [6.45, 7) is 14.0. The maximum atomic E-state index is 3.61. The second-order valence-electron chi connectivity index (χ2n) is 5.38. The quantitative estimate of drug-likeness (QED) is 0.598. The van der Waals surface area contributed by atoms with E-state index in [1.165, 1.54) is 32.4 Å². The van der Waals surface area contributed by atoms with Gasteiger partial charge in [0.1, 0.15) is 0 Å². The number of unbranched alkanes of at least 4 members (excludes halogenated alkanes) is 1. The normalized spacial score (nSPS) is 14.6. The lowest BCUT2D eigenvalue weighted by Crippen LogP contribution is -2.41. The van der Waals surface area contributed by atoms with Crippen molar-refractivity contribution in [2.75, 3.05) is 18.4 Å². The first kappa shape index (κ1) is 15.4. The molecule has 92 valence electrons. The summed E-state index contributed by atoms with van der Waals surface area (Å²) in [5.41, 5.74) is 0.386.